The van der Waals surface area contributed by atoms with Crippen molar-refractivity contribution in [2.45, 2.75) is 6.92 Å². The zero-order valence-electron chi connectivity index (χ0n) is 16.9. The van der Waals surface area contributed by atoms with E-state index in [1.165, 1.54) is 0 Å². The average molecular weight is 409 g/mol. The predicted molar refractivity (Wildman–Crippen MR) is 110 cm³/mol. The third-order valence-corrected chi connectivity index (χ3v) is 4.91. The molecule has 9 heteroatoms. The molecule has 0 aliphatic carbocycles. The minimum atomic E-state index is -0.0451. The third-order valence-electron chi connectivity index (χ3n) is 4.91. The topological polar surface area (TPSA) is 93.8 Å². The third kappa shape index (κ3) is 4.35. The van der Waals surface area contributed by atoms with Crippen molar-refractivity contribution >= 4 is 11.7 Å². The lowest BCUT2D eigenvalue weighted by atomic mass is 10.2. The van der Waals surface area contributed by atoms with Crippen molar-refractivity contribution in [2.75, 3.05) is 44.8 Å². The van der Waals surface area contributed by atoms with Crippen LogP contribution in [0.3, 0.4) is 0 Å². The SMILES string of the molecule is COc1ccccc1OCC(=O)N1CCN(c2ccc(-c3noc(C)n3)cn2)CC1. The van der Waals surface area contributed by atoms with Gasteiger partial charge in [-0.05, 0) is 24.3 Å². The molecule has 156 valence electrons. The summed E-state index contributed by atoms with van der Waals surface area (Å²) in [5, 5.41) is 3.90. The lowest BCUT2D eigenvalue weighted by molar-refractivity contribution is -0.133. The standard InChI is InChI=1S/C21H23N5O4/c1-15-23-21(24-30-15)16-7-8-19(22-13-16)25-9-11-26(12-10-25)20(27)14-29-18-6-4-3-5-17(18)28-2/h3-8,13H,9-12,14H2,1-2H3. The fourth-order valence-corrected chi connectivity index (χ4v) is 3.28. The van der Waals surface area contributed by atoms with Gasteiger partial charge in [0.2, 0.25) is 11.7 Å². The van der Waals surface area contributed by atoms with Crippen molar-refractivity contribution in [1.29, 1.82) is 0 Å². The van der Waals surface area contributed by atoms with E-state index in [9.17, 15) is 4.79 Å². The Hall–Kier alpha value is -3.62. The largest absolute Gasteiger partial charge is 0.493 e. The monoisotopic (exact) mass is 409 g/mol. The second-order valence-electron chi connectivity index (χ2n) is 6.85. The highest BCUT2D eigenvalue weighted by atomic mass is 16.5. The molecule has 0 saturated carbocycles. The summed E-state index contributed by atoms with van der Waals surface area (Å²) < 4.78 is 15.9. The number of carbonyl (C=O) groups excluding carboxylic acids is 1. The van der Waals surface area contributed by atoms with Crippen LogP contribution in [0, 0.1) is 6.92 Å². The van der Waals surface area contributed by atoms with Crippen LogP contribution >= 0.6 is 0 Å². The molecule has 1 aliphatic rings. The van der Waals surface area contributed by atoms with Gasteiger partial charge in [-0.25, -0.2) is 4.98 Å². The summed E-state index contributed by atoms with van der Waals surface area (Å²) in [4.78, 5) is 25.2. The van der Waals surface area contributed by atoms with Gasteiger partial charge < -0.3 is 23.8 Å². The van der Waals surface area contributed by atoms with Crippen LogP contribution in [0.4, 0.5) is 5.82 Å². The molecule has 2 aromatic heterocycles. The molecule has 1 aliphatic heterocycles. The van der Waals surface area contributed by atoms with E-state index in [0.29, 0.717) is 49.4 Å². The molecule has 3 aromatic rings. The molecular weight excluding hydrogens is 386 g/mol. The maximum absolute atomic E-state index is 12.5. The van der Waals surface area contributed by atoms with Crippen molar-refractivity contribution in [3.8, 4) is 22.9 Å². The molecule has 30 heavy (non-hydrogen) atoms. The number of carbonyl (C=O) groups is 1. The number of aryl methyl sites for hydroxylation is 1. The van der Waals surface area contributed by atoms with Crippen molar-refractivity contribution in [2.24, 2.45) is 0 Å². The molecule has 1 amide bonds. The fourth-order valence-electron chi connectivity index (χ4n) is 3.28. The van der Waals surface area contributed by atoms with Gasteiger partial charge in [0.25, 0.3) is 5.91 Å². The Labute approximate surface area is 174 Å². The van der Waals surface area contributed by atoms with Gasteiger partial charge in [-0.3, -0.25) is 4.79 Å². The number of pyridine rings is 1. The number of hydrogen-bond donors (Lipinski definition) is 0. The fraction of sp³-hybridized carbons (Fsp3) is 0.333. The van der Waals surface area contributed by atoms with Gasteiger partial charge in [-0.2, -0.15) is 4.98 Å². The number of benzene rings is 1. The van der Waals surface area contributed by atoms with Gasteiger partial charge in [-0.1, -0.05) is 17.3 Å². The van der Waals surface area contributed by atoms with E-state index in [4.69, 9.17) is 14.0 Å². The van der Waals surface area contributed by atoms with E-state index in [-0.39, 0.29) is 12.5 Å². The molecule has 0 atom stereocenters. The predicted octanol–water partition coefficient (Wildman–Crippen LogP) is 2.18. The minimum Gasteiger partial charge on any atom is -0.493 e. The maximum atomic E-state index is 12.5. The summed E-state index contributed by atoms with van der Waals surface area (Å²) in [5.41, 5.74) is 0.804. The first-order valence-corrected chi connectivity index (χ1v) is 9.69. The molecule has 9 nitrogen and oxygen atoms in total. The van der Waals surface area contributed by atoms with E-state index in [2.05, 4.69) is 20.0 Å². The van der Waals surface area contributed by atoms with Crippen molar-refractivity contribution in [3.05, 3.63) is 48.5 Å². The first-order valence-electron chi connectivity index (χ1n) is 9.69. The number of piperazine rings is 1. The second kappa shape index (κ2) is 8.81. The Kier molecular flexibility index (Phi) is 5.78. The maximum Gasteiger partial charge on any atom is 0.260 e. The van der Waals surface area contributed by atoms with Crippen molar-refractivity contribution < 1.29 is 18.8 Å². The van der Waals surface area contributed by atoms with Gasteiger partial charge >= 0.3 is 0 Å². The number of para-hydroxylation sites is 2. The number of methoxy groups -OCH3 is 1. The number of anilines is 1. The number of aromatic nitrogens is 3. The van der Waals surface area contributed by atoms with E-state index >= 15 is 0 Å². The highest BCUT2D eigenvalue weighted by molar-refractivity contribution is 5.78. The van der Waals surface area contributed by atoms with Gasteiger partial charge in [0.05, 0.1) is 7.11 Å². The molecule has 3 heterocycles. The highest BCUT2D eigenvalue weighted by Crippen LogP contribution is 2.26. The quantitative estimate of drug-likeness (QED) is 0.612. The van der Waals surface area contributed by atoms with Gasteiger partial charge in [0.15, 0.2) is 18.1 Å². The molecule has 0 bridgehead atoms. The number of rotatable bonds is 6. The lowest BCUT2D eigenvalue weighted by Crippen LogP contribution is -2.50. The molecule has 0 N–H and O–H groups in total. The Morgan fingerprint density at radius 3 is 2.50 bits per heavy atom. The van der Waals surface area contributed by atoms with Crippen LogP contribution in [0.1, 0.15) is 5.89 Å². The van der Waals surface area contributed by atoms with Crippen LogP contribution in [-0.2, 0) is 4.79 Å². The smallest absolute Gasteiger partial charge is 0.260 e. The zero-order valence-corrected chi connectivity index (χ0v) is 16.9. The summed E-state index contributed by atoms with van der Waals surface area (Å²) in [6, 6.07) is 11.1. The Balaban J connectivity index is 1.29. The summed E-state index contributed by atoms with van der Waals surface area (Å²) in [6.45, 7) is 4.36. The number of amides is 1. The van der Waals surface area contributed by atoms with Crippen LogP contribution in [-0.4, -0.2) is 65.8 Å². The highest BCUT2D eigenvalue weighted by Gasteiger charge is 2.22. The summed E-state index contributed by atoms with van der Waals surface area (Å²) in [5.74, 6) is 3.03. The molecule has 0 radical (unpaired) electrons. The lowest BCUT2D eigenvalue weighted by Gasteiger charge is -2.35. The number of hydrogen-bond acceptors (Lipinski definition) is 8. The molecule has 1 aromatic carbocycles. The zero-order chi connectivity index (χ0) is 20.9. The van der Waals surface area contributed by atoms with Crippen LogP contribution < -0.4 is 14.4 Å². The molecule has 0 unspecified atom stereocenters. The molecule has 1 fully saturated rings. The Morgan fingerprint density at radius 1 is 1.10 bits per heavy atom. The van der Waals surface area contributed by atoms with E-state index in [1.807, 2.05) is 29.2 Å². The number of nitrogens with zero attached hydrogens (tertiary/aromatic N) is 5. The molecule has 1 saturated heterocycles. The van der Waals surface area contributed by atoms with Crippen LogP contribution in [0.25, 0.3) is 11.4 Å². The van der Waals surface area contributed by atoms with Crippen LogP contribution in [0.15, 0.2) is 47.1 Å². The van der Waals surface area contributed by atoms with Gasteiger partial charge in [0, 0.05) is 44.9 Å². The van der Waals surface area contributed by atoms with Crippen LogP contribution in [0.5, 0.6) is 11.5 Å². The minimum absolute atomic E-state index is 0.0164. The van der Waals surface area contributed by atoms with Crippen LogP contribution in [0.2, 0.25) is 0 Å². The first kappa shape index (κ1) is 19.7. The summed E-state index contributed by atoms with van der Waals surface area (Å²) in [7, 11) is 1.58. The normalized spacial score (nSPS) is 13.9. The number of ether oxygens (including phenoxy) is 2. The van der Waals surface area contributed by atoms with Gasteiger partial charge in [0.1, 0.15) is 5.82 Å². The second-order valence-corrected chi connectivity index (χ2v) is 6.85. The van der Waals surface area contributed by atoms with E-state index in [0.717, 1.165) is 11.4 Å². The Bertz CT molecular complexity index is 997. The summed E-state index contributed by atoms with van der Waals surface area (Å²) >= 11 is 0. The molecular formula is C21H23N5O4. The van der Waals surface area contributed by atoms with Crippen molar-refractivity contribution in [1.82, 2.24) is 20.0 Å². The molecule has 0 spiro atoms. The van der Waals surface area contributed by atoms with Crippen molar-refractivity contribution in [3.63, 3.8) is 0 Å². The molecule has 4 rings (SSSR count). The van der Waals surface area contributed by atoms with Gasteiger partial charge in [-0.15, -0.1) is 0 Å². The average Bonchev–Trinajstić information content (AvgIpc) is 3.24. The summed E-state index contributed by atoms with van der Waals surface area (Å²) in [6.07, 6.45) is 1.73. The van der Waals surface area contributed by atoms with E-state index < -0.39 is 0 Å². The first-order chi connectivity index (χ1) is 14.6. The Morgan fingerprint density at radius 2 is 1.87 bits per heavy atom. The van der Waals surface area contributed by atoms with E-state index in [1.54, 1.807) is 32.4 Å².